The lowest BCUT2D eigenvalue weighted by atomic mass is 9.99. The van der Waals surface area contributed by atoms with Gasteiger partial charge >= 0.3 is 0 Å². The number of para-hydroxylation sites is 1. The zero-order valence-corrected chi connectivity index (χ0v) is 17.7. The monoisotopic (exact) mass is 420 g/mol. The van der Waals surface area contributed by atoms with Crippen LogP contribution < -0.4 is 8.61 Å². The molecule has 0 saturated carbocycles. The molecular formula is C24H25FN4S. The third-order valence-electron chi connectivity index (χ3n) is 6.52. The van der Waals surface area contributed by atoms with Gasteiger partial charge in [0, 0.05) is 55.4 Å². The van der Waals surface area contributed by atoms with Crippen LogP contribution in [-0.4, -0.2) is 42.6 Å². The fourth-order valence-electron chi connectivity index (χ4n) is 4.95. The van der Waals surface area contributed by atoms with Crippen LogP contribution in [-0.2, 0) is 6.42 Å². The predicted molar refractivity (Wildman–Crippen MR) is 124 cm³/mol. The van der Waals surface area contributed by atoms with Gasteiger partial charge in [-0.2, -0.15) is 0 Å². The van der Waals surface area contributed by atoms with Crippen molar-refractivity contribution in [1.82, 2.24) is 9.88 Å². The summed E-state index contributed by atoms with van der Waals surface area (Å²) in [5.41, 5.74) is 7.79. The molecule has 2 aromatic carbocycles. The predicted octanol–water partition coefficient (Wildman–Crippen LogP) is 5.23. The van der Waals surface area contributed by atoms with Gasteiger partial charge in [-0.3, -0.25) is 13.5 Å². The summed E-state index contributed by atoms with van der Waals surface area (Å²) in [6.45, 7) is 5.28. The van der Waals surface area contributed by atoms with Gasteiger partial charge in [-0.15, -0.1) is 0 Å². The number of aromatic amines is 1. The molecule has 0 fully saturated rings. The Kier molecular flexibility index (Phi) is 4.50. The van der Waals surface area contributed by atoms with Gasteiger partial charge in [0.2, 0.25) is 0 Å². The number of rotatable bonds is 4. The van der Waals surface area contributed by atoms with Crippen LogP contribution >= 0.6 is 12.1 Å². The van der Waals surface area contributed by atoms with Crippen LogP contribution in [0.4, 0.5) is 15.8 Å². The van der Waals surface area contributed by atoms with Crippen molar-refractivity contribution in [3.63, 3.8) is 0 Å². The lowest BCUT2D eigenvalue weighted by Crippen LogP contribution is -2.35. The summed E-state index contributed by atoms with van der Waals surface area (Å²) in [6, 6.07) is 11.8. The lowest BCUT2D eigenvalue weighted by molar-refractivity contribution is 0.311. The molecule has 0 bridgehead atoms. The molecule has 0 radical (unpaired) electrons. The van der Waals surface area contributed by atoms with E-state index in [2.05, 4.69) is 42.8 Å². The topological polar surface area (TPSA) is 25.5 Å². The minimum Gasteiger partial charge on any atom is -0.360 e. The maximum atomic E-state index is 13.5. The summed E-state index contributed by atoms with van der Waals surface area (Å²) in [5.74, 6) is -0.192. The van der Waals surface area contributed by atoms with Crippen LogP contribution in [0, 0.1) is 5.82 Å². The molecule has 30 heavy (non-hydrogen) atoms. The van der Waals surface area contributed by atoms with Crippen molar-refractivity contribution in [2.24, 2.45) is 0 Å². The van der Waals surface area contributed by atoms with Crippen LogP contribution in [0.1, 0.15) is 24.0 Å². The fourth-order valence-corrected chi connectivity index (χ4v) is 6.09. The fraction of sp³-hybridized carbons (Fsp3) is 0.333. The maximum absolute atomic E-state index is 13.5. The van der Waals surface area contributed by atoms with Gasteiger partial charge in [0.25, 0.3) is 0 Å². The highest BCUT2D eigenvalue weighted by Crippen LogP contribution is 2.48. The number of H-pyrrole nitrogens is 1. The number of benzene rings is 2. The van der Waals surface area contributed by atoms with Crippen LogP contribution in [0.3, 0.4) is 0 Å². The highest BCUT2D eigenvalue weighted by molar-refractivity contribution is 8.02. The molecular weight excluding hydrogens is 395 g/mol. The SMILES string of the molecule is Fc1ccc2c(C3=CCN(CCN4SN5CCCc6cccc4c65)CC3)c[nH]c2c1. The second-order valence-corrected chi connectivity index (χ2v) is 9.39. The highest BCUT2D eigenvalue weighted by atomic mass is 32.2. The summed E-state index contributed by atoms with van der Waals surface area (Å²) in [4.78, 5) is 5.75. The molecule has 3 aliphatic rings. The number of aromatic nitrogens is 1. The molecule has 0 unspecified atom stereocenters. The number of nitrogens with zero attached hydrogens (tertiary/aromatic N) is 3. The summed E-state index contributed by atoms with van der Waals surface area (Å²) >= 11 is 1.88. The molecule has 0 atom stereocenters. The Labute approximate surface area is 180 Å². The van der Waals surface area contributed by atoms with Gasteiger partial charge in [-0.25, -0.2) is 4.39 Å². The maximum Gasteiger partial charge on any atom is 0.125 e. The quantitative estimate of drug-likeness (QED) is 0.584. The second kappa shape index (κ2) is 7.36. The van der Waals surface area contributed by atoms with E-state index in [9.17, 15) is 4.39 Å². The van der Waals surface area contributed by atoms with Crippen molar-refractivity contribution in [1.29, 1.82) is 0 Å². The number of aryl methyl sites for hydroxylation is 1. The Hall–Kier alpha value is -2.44. The van der Waals surface area contributed by atoms with E-state index in [1.54, 1.807) is 12.1 Å². The van der Waals surface area contributed by atoms with Gasteiger partial charge in [0.05, 0.1) is 23.5 Å². The van der Waals surface area contributed by atoms with Crippen molar-refractivity contribution >= 4 is 40.0 Å². The molecule has 6 rings (SSSR count). The average molecular weight is 421 g/mol. The smallest absolute Gasteiger partial charge is 0.125 e. The molecule has 1 aromatic heterocycles. The van der Waals surface area contributed by atoms with E-state index in [1.807, 2.05) is 24.4 Å². The number of halogens is 1. The molecule has 0 spiro atoms. The molecule has 154 valence electrons. The van der Waals surface area contributed by atoms with Gasteiger partial charge < -0.3 is 4.98 Å². The zero-order chi connectivity index (χ0) is 20.1. The second-order valence-electron chi connectivity index (χ2n) is 8.35. The van der Waals surface area contributed by atoms with E-state index in [0.29, 0.717) is 0 Å². The largest absolute Gasteiger partial charge is 0.360 e. The van der Waals surface area contributed by atoms with Crippen LogP contribution in [0.15, 0.2) is 48.7 Å². The Morgan fingerprint density at radius 1 is 1.07 bits per heavy atom. The van der Waals surface area contributed by atoms with Crippen molar-refractivity contribution in [3.05, 3.63) is 65.6 Å². The van der Waals surface area contributed by atoms with Gasteiger partial charge in [0.1, 0.15) is 5.82 Å². The van der Waals surface area contributed by atoms with Gasteiger partial charge in [0.15, 0.2) is 0 Å². The van der Waals surface area contributed by atoms with Crippen molar-refractivity contribution in [2.45, 2.75) is 19.3 Å². The Morgan fingerprint density at radius 3 is 2.93 bits per heavy atom. The molecule has 3 aliphatic heterocycles. The normalized spacial score (nSPS) is 18.8. The Balaban J connectivity index is 1.13. The minimum atomic E-state index is -0.192. The number of anilines is 2. The minimum absolute atomic E-state index is 0.192. The van der Waals surface area contributed by atoms with E-state index < -0.39 is 0 Å². The third-order valence-corrected chi connectivity index (χ3v) is 7.66. The molecule has 4 heterocycles. The average Bonchev–Trinajstić information content (AvgIpc) is 3.35. The summed E-state index contributed by atoms with van der Waals surface area (Å²) in [6.07, 6.45) is 7.85. The number of nitrogens with one attached hydrogen (secondary N) is 1. The Morgan fingerprint density at radius 2 is 2.03 bits per heavy atom. The highest BCUT2D eigenvalue weighted by Gasteiger charge is 2.31. The van der Waals surface area contributed by atoms with E-state index in [0.717, 1.165) is 50.0 Å². The lowest BCUT2D eigenvalue weighted by Gasteiger charge is -2.28. The molecule has 1 N–H and O–H groups in total. The standard InChI is InChI=1S/C24H25FN4S/c25-19-6-7-20-21(16-26-22(20)15-19)17-8-11-27(12-9-17)13-14-28-23-5-1-3-18-4-2-10-29(30-28)24(18)23/h1,3,5-8,15-16,26H,2,4,9-14H2. The molecule has 4 nitrogen and oxygen atoms in total. The summed E-state index contributed by atoms with van der Waals surface area (Å²) in [7, 11) is 0. The number of fused-ring (bicyclic) bond motifs is 1. The molecule has 0 amide bonds. The van der Waals surface area contributed by atoms with E-state index in [-0.39, 0.29) is 5.82 Å². The summed E-state index contributed by atoms with van der Waals surface area (Å²) < 4.78 is 18.4. The van der Waals surface area contributed by atoms with E-state index >= 15 is 0 Å². The number of hydrogen-bond acceptors (Lipinski definition) is 4. The zero-order valence-electron chi connectivity index (χ0n) is 16.9. The van der Waals surface area contributed by atoms with E-state index in [4.69, 9.17) is 0 Å². The van der Waals surface area contributed by atoms with Crippen LogP contribution in [0.25, 0.3) is 16.5 Å². The first-order chi connectivity index (χ1) is 14.8. The van der Waals surface area contributed by atoms with Gasteiger partial charge in [-0.05, 0) is 54.7 Å². The first kappa shape index (κ1) is 18.3. The van der Waals surface area contributed by atoms with Crippen molar-refractivity contribution < 1.29 is 4.39 Å². The molecule has 6 heteroatoms. The van der Waals surface area contributed by atoms with Crippen molar-refractivity contribution in [2.75, 3.05) is 41.3 Å². The summed E-state index contributed by atoms with van der Waals surface area (Å²) in [5, 5.41) is 1.11. The first-order valence-electron chi connectivity index (χ1n) is 10.8. The molecule has 3 aromatic rings. The first-order valence-corrected chi connectivity index (χ1v) is 11.5. The van der Waals surface area contributed by atoms with E-state index in [1.165, 1.54) is 40.9 Å². The van der Waals surface area contributed by atoms with Crippen LogP contribution in [0.2, 0.25) is 0 Å². The van der Waals surface area contributed by atoms with Crippen LogP contribution in [0.5, 0.6) is 0 Å². The van der Waals surface area contributed by atoms with Gasteiger partial charge in [-0.1, -0.05) is 18.2 Å². The molecule has 0 aliphatic carbocycles. The number of hydrogen-bond donors (Lipinski definition) is 1. The Bertz CT molecular complexity index is 1140. The van der Waals surface area contributed by atoms with Crippen molar-refractivity contribution in [3.8, 4) is 0 Å². The molecule has 0 saturated heterocycles. The third kappa shape index (κ3) is 3.10.